The topological polar surface area (TPSA) is 43.1 Å². The summed E-state index contributed by atoms with van der Waals surface area (Å²) in [5.74, 6) is -0.231. The molecule has 1 aromatic carbocycles. The van der Waals surface area contributed by atoms with Crippen LogP contribution in [0.25, 0.3) is 0 Å². The highest BCUT2D eigenvalue weighted by atomic mass is 19.1. The lowest BCUT2D eigenvalue weighted by Gasteiger charge is -2.32. The van der Waals surface area contributed by atoms with Crippen molar-refractivity contribution in [2.75, 3.05) is 0 Å². The molecule has 0 radical (unpaired) electrons. The molecular formula is C12H14FNO. The number of halogens is 1. The van der Waals surface area contributed by atoms with Gasteiger partial charge in [-0.3, -0.25) is 4.79 Å². The number of hydrogen-bond acceptors (Lipinski definition) is 2. The number of Topliss-reactive ketones (excluding diaryl/α,β-unsaturated/α-hetero) is 1. The predicted molar refractivity (Wildman–Crippen MR) is 55.7 cm³/mol. The number of hydrogen-bond donors (Lipinski definition) is 1. The van der Waals surface area contributed by atoms with E-state index in [0.29, 0.717) is 12.8 Å². The zero-order valence-electron chi connectivity index (χ0n) is 8.50. The number of rotatable bonds is 1. The average Bonchev–Trinajstić information content (AvgIpc) is 2.23. The van der Waals surface area contributed by atoms with Crippen molar-refractivity contribution in [2.45, 2.75) is 31.2 Å². The summed E-state index contributed by atoms with van der Waals surface area (Å²) < 4.78 is 12.8. The molecule has 1 fully saturated rings. The molecule has 1 aromatic rings. The van der Waals surface area contributed by atoms with Gasteiger partial charge in [0.05, 0.1) is 0 Å². The molecule has 0 aromatic heterocycles. The largest absolute Gasteiger partial charge is 0.315 e. The summed E-state index contributed by atoms with van der Waals surface area (Å²) in [5.41, 5.74) is 5.95. The highest BCUT2D eigenvalue weighted by Gasteiger charge is 2.37. The summed E-state index contributed by atoms with van der Waals surface area (Å²) in [6, 6.07) is 5.93. The van der Waals surface area contributed by atoms with Gasteiger partial charge in [-0.2, -0.15) is 0 Å². The Morgan fingerprint density at radius 1 is 1.20 bits per heavy atom. The molecule has 15 heavy (non-hydrogen) atoms. The summed E-state index contributed by atoms with van der Waals surface area (Å²) in [7, 11) is 0. The Morgan fingerprint density at radius 3 is 2.47 bits per heavy atom. The molecule has 1 aliphatic carbocycles. The van der Waals surface area contributed by atoms with E-state index in [1.165, 1.54) is 12.1 Å². The van der Waals surface area contributed by atoms with Crippen molar-refractivity contribution >= 4 is 5.78 Å². The van der Waals surface area contributed by atoms with Crippen LogP contribution < -0.4 is 5.73 Å². The third kappa shape index (κ3) is 1.79. The standard InChI is InChI=1S/C12H14FNO/c13-10-6-4-9(5-7-10)12(14)8-2-1-3-11(12)15/h4-7H,1-3,8,14H2. The van der Waals surface area contributed by atoms with E-state index in [1.807, 2.05) is 0 Å². The summed E-state index contributed by atoms with van der Waals surface area (Å²) in [6.45, 7) is 0. The molecule has 1 aliphatic rings. The molecule has 3 heteroatoms. The summed E-state index contributed by atoms with van der Waals surface area (Å²) in [4.78, 5) is 11.8. The normalized spacial score (nSPS) is 26.7. The third-order valence-electron chi connectivity index (χ3n) is 3.08. The van der Waals surface area contributed by atoms with Gasteiger partial charge in [0.2, 0.25) is 0 Å². The van der Waals surface area contributed by atoms with E-state index in [4.69, 9.17) is 5.73 Å². The van der Waals surface area contributed by atoms with Crippen LogP contribution in [0.3, 0.4) is 0 Å². The van der Waals surface area contributed by atoms with Gasteiger partial charge in [-0.15, -0.1) is 0 Å². The summed E-state index contributed by atoms with van der Waals surface area (Å²) >= 11 is 0. The molecular weight excluding hydrogens is 193 g/mol. The molecule has 0 spiro atoms. The van der Waals surface area contributed by atoms with Crippen LogP contribution in [-0.4, -0.2) is 5.78 Å². The Morgan fingerprint density at radius 2 is 1.87 bits per heavy atom. The van der Waals surface area contributed by atoms with Crippen LogP contribution in [0.1, 0.15) is 31.2 Å². The van der Waals surface area contributed by atoms with Crippen LogP contribution in [0, 0.1) is 5.82 Å². The molecule has 2 rings (SSSR count). The average molecular weight is 207 g/mol. The van der Waals surface area contributed by atoms with Crippen LogP contribution in [-0.2, 0) is 10.3 Å². The molecule has 0 aliphatic heterocycles. The van der Waals surface area contributed by atoms with Gasteiger partial charge in [0, 0.05) is 6.42 Å². The lowest BCUT2D eigenvalue weighted by molar-refractivity contribution is -0.126. The maximum atomic E-state index is 12.8. The number of nitrogens with two attached hydrogens (primary N) is 1. The number of benzene rings is 1. The fraction of sp³-hybridized carbons (Fsp3) is 0.417. The van der Waals surface area contributed by atoms with E-state index in [1.54, 1.807) is 12.1 Å². The lowest BCUT2D eigenvalue weighted by atomic mass is 9.76. The van der Waals surface area contributed by atoms with Crippen LogP contribution in [0.15, 0.2) is 24.3 Å². The van der Waals surface area contributed by atoms with E-state index in [-0.39, 0.29) is 11.6 Å². The van der Waals surface area contributed by atoms with Crippen molar-refractivity contribution in [1.29, 1.82) is 0 Å². The van der Waals surface area contributed by atoms with Gasteiger partial charge in [0.25, 0.3) is 0 Å². The van der Waals surface area contributed by atoms with E-state index in [2.05, 4.69) is 0 Å². The highest BCUT2D eigenvalue weighted by Crippen LogP contribution is 2.31. The highest BCUT2D eigenvalue weighted by molar-refractivity contribution is 5.90. The monoisotopic (exact) mass is 207 g/mol. The van der Waals surface area contributed by atoms with Crippen molar-refractivity contribution in [1.82, 2.24) is 0 Å². The molecule has 0 saturated heterocycles. The van der Waals surface area contributed by atoms with Crippen molar-refractivity contribution in [3.63, 3.8) is 0 Å². The minimum absolute atomic E-state index is 0.0698. The maximum Gasteiger partial charge on any atom is 0.157 e. The second-order valence-corrected chi connectivity index (χ2v) is 4.11. The van der Waals surface area contributed by atoms with Gasteiger partial charge in [0.1, 0.15) is 11.4 Å². The molecule has 1 saturated carbocycles. The van der Waals surface area contributed by atoms with E-state index in [0.717, 1.165) is 18.4 Å². The zero-order valence-corrected chi connectivity index (χ0v) is 8.50. The van der Waals surface area contributed by atoms with Gasteiger partial charge < -0.3 is 5.73 Å². The quantitative estimate of drug-likeness (QED) is 0.766. The molecule has 0 bridgehead atoms. The SMILES string of the molecule is NC1(c2ccc(F)cc2)CCCCC1=O. The van der Waals surface area contributed by atoms with Crippen LogP contribution in [0.2, 0.25) is 0 Å². The predicted octanol–water partition coefficient (Wildman–Crippen LogP) is 2.12. The molecule has 0 amide bonds. The molecule has 1 atom stereocenters. The van der Waals surface area contributed by atoms with Crippen molar-refractivity contribution < 1.29 is 9.18 Å². The van der Waals surface area contributed by atoms with Gasteiger partial charge in [-0.05, 0) is 30.5 Å². The molecule has 80 valence electrons. The Bertz CT molecular complexity index is 374. The van der Waals surface area contributed by atoms with E-state index in [9.17, 15) is 9.18 Å². The first kappa shape index (κ1) is 10.3. The van der Waals surface area contributed by atoms with Gasteiger partial charge in [-0.25, -0.2) is 4.39 Å². The Labute approximate surface area is 88.3 Å². The number of carbonyl (C=O) groups excluding carboxylic acids is 1. The fourth-order valence-corrected chi connectivity index (χ4v) is 2.10. The van der Waals surface area contributed by atoms with Crippen molar-refractivity contribution in [3.8, 4) is 0 Å². The third-order valence-corrected chi connectivity index (χ3v) is 3.08. The van der Waals surface area contributed by atoms with Crippen molar-refractivity contribution in [2.24, 2.45) is 5.73 Å². The zero-order chi connectivity index (χ0) is 10.9. The Kier molecular flexibility index (Phi) is 2.57. The van der Waals surface area contributed by atoms with Gasteiger partial charge >= 0.3 is 0 Å². The smallest absolute Gasteiger partial charge is 0.157 e. The minimum atomic E-state index is -0.883. The first-order valence-electron chi connectivity index (χ1n) is 5.21. The Balaban J connectivity index is 2.35. The van der Waals surface area contributed by atoms with E-state index >= 15 is 0 Å². The second-order valence-electron chi connectivity index (χ2n) is 4.11. The van der Waals surface area contributed by atoms with Crippen LogP contribution in [0.4, 0.5) is 4.39 Å². The number of ketones is 1. The van der Waals surface area contributed by atoms with Gasteiger partial charge in [0.15, 0.2) is 5.78 Å². The molecule has 1 unspecified atom stereocenters. The first-order chi connectivity index (χ1) is 7.13. The molecule has 0 heterocycles. The van der Waals surface area contributed by atoms with Crippen LogP contribution in [0.5, 0.6) is 0 Å². The minimum Gasteiger partial charge on any atom is -0.315 e. The maximum absolute atomic E-state index is 12.8. The number of carbonyl (C=O) groups is 1. The van der Waals surface area contributed by atoms with Gasteiger partial charge in [-0.1, -0.05) is 18.6 Å². The summed E-state index contributed by atoms with van der Waals surface area (Å²) in [6.07, 6.45) is 3.07. The summed E-state index contributed by atoms with van der Waals surface area (Å²) in [5, 5.41) is 0. The lowest BCUT2D eigenvalue weighted by Crippen LogP contribution is -2.46. The second kappa shape index (κ2) is 3.74. The fourth-order valence-electron chi connectivity index (χ4n) is 2.10. The molecule has 2 nitrogen and oxygen atoms in total. The first-order valence-corrected chi connectivity index (χ1v) is 5.21. The van der Waals surface area contributed by atoms with Crippen LogP contribution >= 0.6 is 0 Å². The van der Waals surface area contributed by atoms with E-state index < -0.39 is 5.54 Å². The van der Waals surface area contributed by atoms with Crippen molar-refractivity contribution in [3.05, 3.63) is 35.6 Å². The Hall–Kier alpha value is -1.22. The molecule has 2 N–H and O–H groups in total.